The quantitative estimate of drug-likeness (QED) is 0.851. The van der Waals surface area contributed by atoms with E-state index in [-0.39, 0.29) is 12.5 Å². The van der Waals surface area contributed by atoms with Crippen molar-refractivity contribution in [2.45, 2.75) is 19.8 Å². The van der Waals surface area contributed by atoms with Crippen molar-refractivity contribution in [2.75, 3.05) is 39.3 Å². The van der Waals surface area contributed by atoms with Crippen LogP contribution in [0.1, 0.15) is 29.5 Å². The first-order valence-corrected chi connectivity index (χ1v) is 7.31. The van der Waals surface area contributed by atoms with E-state index in [0.29, 0.717) is 18.8 Å². The Morgan fingerprint density at radius 2 is 2.15 bits per heavy atom. The number of carbonyl (C=O) groups excluding carboxylic acids is 1. The molecule has 1 aliphatic heterocycles. The number of β-amino-alcohol motifs (C(OH)–C–C–N with tert-alkyl or cyclic N) is 1. The van der Waals surface area contributed by atoms with Gasteiger partial charge in [0, 0.05) is 33.2 Å². The number of nitrogens with zero attached hydrogens (tertiary/aromatic N) is 4. The van der Waals surface area contributed by atoms with E-state index in [1.165, 1.54) is 0 Å². The van der Waals surface area contributed by atoms with Crippen molar-refractivity contribution < 1.29 is 9.90 Å². The summed E-state index contributed by atoms with van der Waals surface area (Å²) in [6.07, 6.45) is 1.79. The molecule has 1 aliphatic rings. The number of hydrogen-bond donors (Lipinski definition) is 1. The fourth-order valence-electron chi connectivity index (χ4n) is 2.60. The third kappa shape index (κ3) is 3.37. The van der Waals surface area contributed by atoms with E-state index < -0.39 is 0 Å². The zero-order valence-electron chi connectivity index (χ0n) is 12.4. The van der Waals surface area contributed by atoms with E-state index in [9.17, 15) is 4.79 Å². The highest BCUT2D eigenvalue weighted by Crippen LogP contribution is 2.11. The van der Waals surface area contributed by atoms with Crippen molar-refractivity contribution in [1.82, 2.24) is 19.6 Å². The average Bonchev–Trinajstić information content (AvgIpc) is 2.67. The Labute approximate surface area is 120 Å². The number of aliphatic hydroxyl groups is 1. The van der Waals surface area contributed by atoms with Crippen LogP contribution < -0.4 is 0 Å². The highest BCUT2D eigenvalue weighted by molar-refractivity contribution is 5.92. The second-order valence-electron chi connectivity index (χ2n) is 5.21. The predicted octanol–water partition coefficient (Wildman–Crippen LogP) is 0.123. The third-order valence-electron chi connectivity index (χ3n) is 3.80. The van der Waals surface area contributed by atoms with Gasteiger partial charge in [0.15, 0.2) is 0 Å². The topological polar surface area (TPSA) is 61.6 Å². The molecule has 0 saturated carbocycles. The van der Waals surface area contributed by atoms with Gasteiger partial charge in [-0.05, 0) is 25.5 Å². The summed E-state index contributed by atoms with van der Waals surface area (Å²) in [6.45, 7) is 6.15. The molecule has 1 saturated heterocycles. The highest BCUT2D eigenvalue weighted by Gasteiger charge is 2.22. The molecular weight excluding hydrogens is 256 g/mol. The van der Waals surface area contributed by atoms with Crippen molar-refractivity contribution in [2.24, 2.45) is 7.05 Å². The molecule has 20 heavy (non-hydrogen) atoms. The summed E-state index contributed by atoms with van der Waals surface area (Å²) >= 11 is 0. The zero-order valence-corrected chi connectivity index (χ0v) is 12.4. The van der Waals surface area contributed by atoms with Crippen LogP contribution in [-0.2, 0) is 13.5 Å². The fraction of sp³-hybridized carbons (Fsp3) is 0.714. The molecule has 1 fully saturated rings. The maximum absolute atomic E-state index is 12.6. The SMILES string of the molecule is CCc1cc(C(=O)N2CCCN(CCO)CC2)n(C)n1. The maximum atomic E-state index is 12.6. The van der Waals surface area contributed by atoms with Gasteiger partial charge in [-0.3, -0.25) is 14.4 Å². The van der Waals surface area contributed by atoms with Crippen LogP contribution in [0, 0.1) is 0 Å². The van der Waals surface area contributed by atoms with Crippen molar-refractivity contribution in [3.05, 3.63) is 17.5 Å². The lowest BCUT2D eigenvalue weighted by Crippen LogP contribution is -2.36. The molecule has 2 rings (SSSR count). The van der Waals surface area contributed by atoms with Crippen LogP contribution in [0.3, 0.4) is 0 Å². The molecule has 0 radical (unpaired) electrons. The van der Waals surface area contributed by atoms with Crippen LogP contribution in [0.5, 0.6) is 0 Å². The summed E-state index contributed by atoms with van der Waals surface area (Å²) in [5, 5.41) is 13.3. The van der Waals surface area contributed by atoms with Crippen molar-refractivity contribution in [1.29, 1.82) is 0 Å². The standard InChI is InChI=1S/C14H24N4O2/c1-3-12-11-13(16(2)15-12)14(20)18-6-4-5-17(7-8-18)9-10-19/h11,19H,3-10H2,1-2H3. The summed E-state index contributed by atoms with van der Waals surface area (Å²) in [4.78, 5) is 16.7. The molecule has 2 heterocycles. The Bertz CT molecular complexity index is 458. The summed E-state index contributed by atoms with van der Waals surface area (Å²) in [6, 6.07) is 1.89. The molecule has 1 aromatic rings. The van der Waals surface area contributed by atoms with Crippen LogP contribution in [0.2, 0.25) is 0 Å². The van der Waals surface area contributed by atoms with E-state index in [1.54, 1.807) is 4.68 Å². The van der Waals surface area contributed by atoms with Crippen LogP contribution in [0.25, 0.3) is 0 Å². The van der Waals surface area contributed by atoms with Gasteiger partial charge in [0.2, 0.25) is 0 Å². The molecule has 0 unspecified atom stereocenters. The van der Waals surface area contributed by atoms with E-state index in [2.05, 4.69) is 10.00 Å². The van der Waals surface area contributed by atoms with Gasteiger partial charge in [-0.2, -0.15) is 5.10 Å². The maximum Gasteiger partial charge on any atom is 0.272 e. The first-order chi connectivity index (χ1) is 9.65. The first kappa shape index (κ1) is 15.0. The van der Waals surface area contributed by atoms with Crippen LogP contribution in [0.15, 0.2) is 6.07 Å². The molecule has 1 N–H and O–H groups in total. The Balaban J connectivity index is 2.03. The highest BCUT2D eigenvalue weighted by atomic mass is 16.3. The summed E-state index contributed by atoms with van der Waals surface area (Å²) < 4.78 is 1.68. The van der Waals surface area contributed by atoms with Gasteiger partial charge in [0.25, 0.3) is 5.91 Å². The number of rotatable bonds is 4. The third-order valence-corrected chi connectivity index (χ3v) is 3.80. The molecule has 6 nitrogen and oxygen atoms in total. The van der Waals surface area contributed by atoms with Crippen LogP contribution in [-0.4, -0.2) is 69.9 Å². The van der Waals surface area contributed by atoms with E-state index in [1.807, 2.05) is 24.9 Å². The summed E-state index contributed by atoms with van der Waals surface area (Å²) in [7, 11) is 1.82. The molecule has 0 spiro atoms. The van der Waals surface area contributed by atoms with Gasteiger partial charge in [-0.15, -0.1) is 0 Å². The summed E-state index contributed by atoms with van der Waals surface area (Å²) in [5.41, 5.74) is 1.62. The van der Waals surface area contributed by atoms with E-state index >= 15 is 0 Å². The molecule has 112 valence electrons. The average molecular weight is 280 g/mol. The van der Waals surface area contributed by atoms with Gasteiger partial charge in [-0.1, -0.05) is 6.92 Å². The molecule has 0 atom stereocenters. The number of aliphatic hydroxyl groups excluding tert-OH is 1. The fourth-order valence-corrected chi connectivity index (χ4v) is 2.60. The Kier molecular flexibility index (Phi) is 5.14. The smallest absolute Gasteiger partial charge is 0.272 e. The van der Waals surface area contributed by atoms with Gasteiger partial charge < -0.3 is 10.0 Å². The number of carbonyl (C=O) groups is 1. The zero-order chi connectivity index (χ0) is 14.5. The van der Waals surface area contributed by atoms with Crippen LogP contribution >= 0.6 is 0 Å². The Morgan fingerprint density at radius 1 is 1.35 bits per heavy atom. The second kappa shape index (κ2) is 6.85. The molecule has 1 aromatic heterocycles. The van der Waals surface area contributed by atoms with E-state index in [0.717, 1.165) is 38.2 Å². The monoisotopic (exact) mass is 280 g/mol. The lowest BCUT2D eigenvalue weighted by atomic mass is 10.2. The minimum atomic E-state index is 0.0607. The van der Waals surface area contributed by atoms with Crippen molar-refractivity contribution in [3.63, 3.8) is 0 Å². The van der Waals surface area contributed by atoms with Gasteiger partial charge in [0.05, 0.1) is 12.3 Å². The normalized spacial score (nSPS) is 17.2. The molecule has 0 aliphatic carbocycles. The number of aromatic nitrogens is 2. The molecule has 0 aromatic carbocycles. The Morgan fingerprint density at radius 3 is 2.80 bits per heavy atom. The lowest BCUT2D eigenvalue weighted by molar-refractivity contribution is 0.0749. The summed E-state index contributed by atoms with van der Waals surface area (Å²) in [5.74, 6) is 0.0607. The van der Waals surface area contributed by atoms with Gasteiger partial charge in [-0.25, -0.2) is 0 Å². The van der Waals surface area contributed by atoms with Gasteiger partial charge >= 0.3 is 0 Å². The second-order valence-corrected chi connectivity index (χ2v) is 5.21. The van der Waals surface area contributed by atoms with Crippen LogP contribution in [0.4, 0.5) is 0 Å². The Hall–Kier alpha value is -1.40. The molecule has 0 bridgehead atoms. The molecule has 1 amide bonds. The van der Waals surface area contributed by atoms with Gasteiger partial charge in [0.1, 0.15) is 5.69 Å². The molecular formula is C14H24N4O2. The largest absolute Gasteiger partial charge is 0.395 e. The first-order valence-electron chi connectivity index (χ1n) is 7.31. The lowest BCUT2D eigenvalue weighted by Gasteiger charge is -2.21. The van der Waals surface area contributed by atoms with E-state index in [4.69, 9.17) is 5.11 Å². The minimum Gasteiger partial charge on any atom is -0.395 e. The molecule has 6 heteroatoms. The van der Waals surface area contributed by atoms with Crippen molar-refractivity contribution in [3.8, 4) is 0 Å². The minimum absolute atomic E-state index is 0.0607. The predicted molar refractivity (Wildman–Crippen MR) is 76.6 cm³/mol. The van der Waals surface area contributed by atoms with Crippen molar-refractivity contribution >= 4 is 5.91 Å². The number of hydrogen-bond acceptors (Lipinski definition) is 4. The number of aryl methyl sites for hydroxylation is 2. The number of amides is 1.